The number of carboxylic acid groups (broad SMARTS) is 1. The van der Waals surface area contributed by atoms with Crippen molar-refractivity contribution in [3.05, 3.63) is 17.8 Å². The van der Waals surface area contributed by atoms with Crippen LogP contribution in [0.3, 0.4) is 0 Å². The molecule has 0 aromatic carbocycles. The van der Waals surface area contributed by atoms with Crippen molar-refractivity contribution in [2.24, 2.45) is 0 Å². The Bertz CT molecular complexity index is 373. The SMILES string of the molecule is CCc1ocnc1C(=O)NCCCC(=O)O. The molecule has 2 N–H and O–H groups in total. The second-order valence-electron chi connectivity index (χ2n) is 3.23. The first kappa shape index (κ1) is 12.2. The number of aryl methyl sites for hydroxylation is 1. The van der Waals surface area contributed by atoms with Gasteiger partial charge in [-0.3, -0.25) is 9.59 Å². The molecule has 1 amide bonds. The van der Waals surface area contributed by atoms with E-state index in [1.54, 1.807) is 0 Å². The number of hydrogen-bond acceptors (Lipinski definition) is 4. The third-order valence-electron chi connectivity index (χ3n) is 2.03. The Hall–Kier alpha value is -1.85. The lowest BCUT2D eigenvalue weighted by molar-refractivity contribution is -0.137. The summed E-state index contributed by atoms with van der Waals surface area (Å²) < 4.78 is 5.01. The second kappa shape index (κ2) is 5.89. The van der Waals surface area contributed by atoms with Gasteiger partial charge in [-0.2, -0.15) is 0 Å². The minimum Gasteiger partial charge on any atom is -0.481 e. The number of aliphatic carboxylic acids is 1. The maximum Gasteiger partial charge on any atom is 0.303 e. The monoisotopic (exact) mass is 226 g/mol. The molecule has 6 heteroatoms. The minimum absolute atomic E-state index is 0.0414. The zero-order valence-electron chi connectivity index (χ0n) is 9.02. The van der Waals surface area contributed by atoms with Gasteiger partial charge in [-0.05, 0) is 6.42 Å². The standard InChI is InChI=1S/C10H14N2O4/c1-2-7-9(12-6-16-7)10(15)11-5-3-4-8(13)14/h6H,2-5H2,1H3,(H,11,15)(H,13,14). The number of amides is 1. The van der Waals surface area contributed by atoms with Gasteiger partial charge >= 0.3 is 5.97 Å². The van der Waals surface area contributed by atoms with E-state index in [0.29, 0.717) is 25.1 Å². The molecule has 0 radical (unpaired) electrons. The maximum absolute atomic E-state index is 11.5. The summed E-state index contributed by atoms with van der Waals surface area (Å²) in [7, 11) is 0. The van der Waals surface area contributed by atoms with E-state index >= 15 is 0 Å². The van der Waals surface area contributed by atoms with Crippen molar-refractivity contribution in [3.63, 3.8) is 0 Å². The Kier molecular flexibility index (Phi) is 4.50. The molecule has 0 unspecified atom stereocenters. The van der Waals surface area contributed by atoms with Crippen molar-refractivity contribution in [1.82, 2.24) is 10.3 Å². The lowest BCUT2D eigenvalue weighted by Crippen LogP contribution is -2.26. The summed E-state index contributed by atoms with van der Waals surface area (Å²) >= 11 is 0. The molecule has 1 aromatic rings. The average molecular weight is 226 g/mol. The molecule has 0 aliphatic carbocycles. The summed E-state index contributed by atoms with van der Waals surface area (Å²) in [4.78, 5) is 25.6. The predicted molar refractivity (Wildman–Crippen MR) is 55.1 cm³/mol. The van der Waals surface area contributed by atoms with Crippen LogP contribution in [0.15, 0.2) is 10.8 Å². The second-order valence-corrected chi connectivity index (χ2v) is 3.23. The number of hydrogen-bond donors (Lipinski definition) is 2. The maximum atomic E-state index is 11.5. The zero-order valence-corrected chi connectivity index (χ0v) is 9.02. The van der Waals surface area contributed by atoms with Crippen molar-refractivity contribution in [1.29, 1.82) is 0 Å². The molecule has 88 valence electrons. The summed E-state index contributed by atoms with van der Waals surface area (Å²) in [5.41, 5.74) is 0.276. The van der Waals surface area contributed by atoms with Crippen LogP contribution in [0.4, 0.5) is 0 Å². The third-order valence-corrected chi connectivity index (χ3v) is 2.03. The van der Waals surface area contributed by atoms with Crippen LogP contribution in [0.5, 0.6) is 0 Å². The molecule has 0 atom stereocenters. The van der Waals surface area contributed by atoms with E-state index in [1.807, 2.05) is 6.92 Å². The topological polar surface area (TPSA) is 92.4 Å². The summed E-state index contributed by atoms with van der Waals surface area (Å²) in [6.45, 7) is 2.18. The molecule has 1 heterocycles. The van der Waals surface area contributed by atoms with Crippen LogP contribution in [0.2, 0.25) is 0 Å². The van der Waals surface area contributed by atoms with Gasteiger partial charge in [-0.15, -0.1) is 0 Å². The van der Waals surface area contributed by atoms with E-state index < -0.39 is 5.97 Å². The largest absolute Gasteiger partial charge is 0.481 e. The molecule has 0 spiro atoms. The molecule has 16 heavy (non-hydrogen) atoms. The van der Waals surface area contributed by atoms with Crippen LogP contribution < -0.4 is 5.32 Å². The van der Waals surface area contributed by atoms with E-state index in [2.05, 4.69) is 10.3 Å². The third kappa shape index (κ3) is 3.38. The fourth-order valence-electron chi connectivity index (χ4n) is 1.23. The fourth-order valence-corrected chi connectivity index (χ4v) is 1.23. The molecule has 0 saturated carbocycles. The van der Waals surface area contributed by atoms with Crippen LogP contribution in [-0.2, 0) is 11.2 Å². The van der Waals surface area contributed by atoms with Crippen molar-refractivity contribution in [2.75, 3.05) is 6.54 Å². The molecule has 0 aliphatic heterocycles. The summed E-state index contributed by atoms with van der Waals surface area (Å²) in [6.07, 6.45) is 2.27. The first-order valence-corrected chi connectivity index (χ1v) is 5.07. The predicted octanol–water partition coefficient (Wildman–Crippen LogP) is 0.832. The van der Waals surface area contributed by atoms with Crippen molar-refractivity contribution < 1.29 is 19.1 Å². The lowest BCUT2D eigenvalue weighted by atomic mass is 10.2. The number of carboxylic acids is 1. The van der Waals surface area contributed by atoms with Gasteiger partial charge in [0.25, 0.3) is 5.91 Å². The van der Waals surface area contributed by atoms with Gasteiger partial charge in [-0.25, -0.2) is 4.98 Å². The first-order valence-electron chi connectivity index (χ1n) is 5.07. The van der Waals surface area contributed by atoms with Gasteiger partial charge < -0.3 is 14.8 Å². The highest BCUT2D eigenvalue weighted by Gasteiger charge is 2.14. The van der Waals surface area contributed by atoms with Crippen LogP contribution in [0.25, 0.3) is 0 Å². The average Bonchev–Trinajstić information content (AvgIpc) is 2.71. The molecule has 0 fully saturated rings. The Labute approximate surface area is 92.7 Å². The number of nitrogens with zero attached hydrogens (tertiary/aromatic N) is 1. The molecule has 0 bridgehead atoms. The summed E-state index contributed by atoms with van der Waals surface area (Å²) in [6, 6.07) is 0. The van der Waals surface area contributed by atoms with E-state index in [-0.39, 0.29) is 18.0 Å². The van der Waals surface area contributed by atoms with Gasteiger partial charge in [0.2, 0.25) is 0 Å². The van der Waals surface area contributed by atoms with Crippen LogP contribution in [0.1, 0.15) is 36.0 Å². The normalized spacial score (nSPS) is 10.1. The number of oxazole rings is 1. The van der Waals surface area contributed by atoms with Crippen molar-refractivity contribution >= 4 is 11.9 Å². The van der Waals surface area contributed by atoms with Gasteiger partial charge in [0.15, 0.2) is 12.1 Å². The molecule has 0 saturated heterocycles. The highest BCUT2D eigenvalue weighted by atomic mass is 16.4. The first-order chi connectivity index (χ1) is 7.65. The Balaban J connectivity index is 2.38. The van der Waals surface area contributed by atoms with Gasteiger partial charge in [0, 0.05) is 19.4 Å². The smallest absolute Gasteiger partial charge is 0.303 e. The number of carbonyl (C=O) groups is 2. The molecule has 1 rings (SSSR count). The molecular formula is C10H14N2O4. The van der Waals surface area contributed by atoms with Crippen molar-refractivity contribution in [2.45, 2.75) is 26.2 Å². The highest BCUT2D eigenvalue weighted by Crippen LogP contribution is 2.06. The van der Waals surface area contributed by atoms with Crippen LogP contribution in [0, 0.1) is 0 Å². The minimum atomic E-state index is -0.870. The zero-order chi connectivity index (χ0) is 12.0. The van der Waals surface area contributed by atoms with Gasteiger partial charge in [0.05, 0.1) is 0 Å². The Morgan fingerprint density at radius 1 is 1.56 bits per heavy atom. The number of aromatic nitrogens is 1. The Morgan fingerprint density at radius 3 is 2.94 bits per heavy atom. The molecule has 6 nitrogen and oxygen atoms in total. The summed E-state index contributed by atoms with van der Waals surface area (Å²) in [5.74, 6) is -0.656. The molecule has 1 aromatic heterocycles. The molecular weight excluding hydrogens is 212 g/mol. The van der Waals surface area contributed by atoms with E-state index in [4.69, 9.17) is 9.52 Å². The van der Waals surface area contributed by atoms with E-state index in [1.165, 1.54) is 6.39 Å². The molecule has 0 aliphatic rings. The quantitative estimate of drug-likeness (QED) is 0.701. The number of rotatable bonds is 6. The van der Waals surface area contributed by atoms with Crippen LogP contribution >= 0.6 is 0 Å². The lowest BCUT2D eigenvalue weighted by Gasteiger charge is -2.02. The van der Waals surface area contributed by atoms with Crippen molar-refractivity contribution in [3.8, 4) is 0 Å². The van der Waals surface area contributed by atoms with Gasteiger partial charge in [-0.1, -0.05) is 6.92 Å². The van der Waals surface area contributed by atoms with Gasteiger partial charge in [0.1, 0.15) is 5.76 Å². The van der Waals surface area contributed by atoms with Crippen LogP contribution in [-0.4, -0.2) is 28.5 Å². The number of carbonyl (C=O) groups excluding carboxylic acids is 1. The number of nitrogens with one attached hydrogen (secondary N) is 1. The fraction of sp³-hybridized carbons (Fsp3) is 0.500. The van der Waals surface area contributed by atoms with E-state index in [0.717, 1.165) is 0 Å². The highest BCUT2D eigenvalue weighted by molar-refractivity contribution is 5.93. The summed E-state index contributed by atoms with van der Waals surface area (Å²) in [5, 5.41) is 11.0. The Morgan fingerprint density at radius 2 is 2.31 bits per heavy atom. The van der Waals surface area contributed by atoms with E-state index in [9.17, 15) is 9.59 Å².